The number of benzene rings is 2. The van der Waals surface area contributed by atoms with Crippen LogP contribution in [0.4, 0.5) is 0 Å². The van der Waals surface area contributed by atoms with Gasteiger partial charge in [-0.3, -0.25) is 14.4 Å². The van der Waals surface area contributed by atoms with Crippen molar-refractivity contribution in [2.45, 2.75) is 70.1 Å². The van der Waals surface area contributed by atoms with Crippen molar-refractivity contribution in [2.24, 2.45) is 5.41 Å². The lowest BCUT2D eigenvalue weighted by atomic mass is 9.77. The average Bonchev–Trinajstić information content (AvgIpc) is 3.42. The van der Waals surface area contributed by atoms with Crippen molar-refractivity contribution in [3.05, 3.63) is 69.7 Å². The van der Waals surface area contributed by atoms with Gasteiger partial charge in [0.15, 0.2) is 6.04 Å². The van der Waals surface area contributed by atoms with Crippen molar-refractivity contribution in [2.75, 3.05) is 19.7 Å². The summed E-state index contributed by atoms with van der Waals surface area (Å²) in [5.41, 5.74) is 1.38. The first-order valence-electron chi connectivity index (χ1n) is 14.3. The van der Waals surface area contributed by atoms with Gasteiger partial charge in [-0.1, -0.05) is 66.4 Å². The van der Waals surface area contributed by atoms with E-state index in [-0.39, 0.29) is 47.6 Å². The lowest BCUT2D eigenvalue weighted by molar-refractivity contribution is -0.144. The molecule has 226 valence electrons. The van der Waals surface area contributed by atoms with Crippen LogP contribution in [0.15, 0.2) is 48.5 Å². The van der Waals surface area contributed by atoms with Crippen LogP contribution < -0.4 is 10.6 Å². The van der Waals surface area contributed by atoms with Crippen molar-refractivity contribution in [3.63, 3.8) is 0 Å². The van der Waals surface area contributed by atoms with Crippen LogP contribution in [0, 0.1) is 5.41 Å². The maximum atomic E-state index is 13.6. The minimum absolute atomic E-state index is 0.0104. The molecular formula is C31H37Cl2N3O6. The molecule has 2 aliphatic rings. The Hall–Kier alpha value is -3.14. The summed E-state index contributed by atoms with van der Waals surface area (Å²) in [6, 6.07) is 11.4. The average molecular weight is 619 g/mol. The normalized spacial score (nSPS) is 17.4. The molecule has 0 aromatic heterocycles. The van der Waals surface area contributed by atoms with Gasteiger partial charge >= 0.3 is 5.97 Å². The second-order valence-electron chi connectivity index (χ2n) is 11.2. The number of ether oxygens (including phenoxy) is 1. The Labute approximate surface area is 255 Å². The zero-order valence-electron chi connectivity index (χ0n) is 23.5. The number of likely N-dealkylation sites (tertiary alicyclic amines) is 1. The van der Waals surface area contributed by atoms with E-state index >= 15 is 0 Å². The van der Waals surface area contributed by atoms with E-state index in [4.69, 9.17) is 27.9 Å². The fourth-order valence-electron chi connectivity index (χ4n) is 5.82. The molecule has 0 bridgehead atoms. The lowest BCUT2D eigenvalue weighted by Crippen LogP contribution is -2.52. The molecule has 2 fully saturated rings. The van der Waals surface area contributed by atoms with Gasteiger partial charge in [-0.05, 0) is 61.3 Å². The van der Waals surface area contributed by atoms with Crippen LogP contribution in [-0.4, -0.2) is 65.5 Å². The number of hydrogen-bond acceptors (Lipinski definition) is 5. The topological polar surface area (TPSA) is 125 Å². The number of carboxylic acid groups (broad SMARTS) is 1. The van der Waals surface area contributed by atoms with Gasteiger partial charge in [0.05, 0.1) is 13.2 Å². The highest BCUT2D eigenvalue weighted by Gasteiger charge is 2.39. The monoisotopic (exact) mass is 617 g/mol. The number of amides is 3. The highest BCUT2D eigenvalue weighted by molar-refractivity contribution is 6.35. The van der Waals surface area contributed by atoms with Gasteiger partial charge < -0.3 is 25.4 Å². The molecule has 2 aromatic carbocycles. The van der Waals surface area contributed by atoms with E-state index < -0.39 is 29.9 Å². The van der Waals surface area contributed by atoms with Gasteiger partial charge in [-0.25, -0.2) is 4.79 Å². The third kappa shape index (κ3) is 8.93. The summed E-state index contributed by atoms with van der Waals surface area (Å²) in [5, 5.41) is 15.4. The van der Waals surface area contributed by atoms with E-state index in [9.17, 15) is 24.3 Å². The Bertz CT molecular complexity index is 1240. The largest absolute Gasteiger partial charge is 0.480 e. The minimum atomic E-state index is -1.26. The summed E-state index contributed by atoms with van der Waals surface area (Å²) in [6.45, 7) is 1.17. The summed E-state index contributed by atoms with van der Waals surface area (Å²) in [7, 11) is 0. The molecule has 2 unspecified atom stereocenters. The van der Waals surface area contributed by atoms with Crippen molar-refractivity contribution in [1.29, 1.82) is 0 Å². The Morgan fingerprint density at radius 2 is 1.55 bits per heavy atom. The Morgan fingerprint density at radius 3 is 2.17 bits per heavy atom. The number of piperidine rings is 1. The highest BCUT2D eigenvalue weighted by atomic mass is 35.5. The Morgan fingerprint density at radius 1 is 0.905 bits per heavy atom. The number of rotatable bonds is 12. The molecule has 1 heterocycles. The maximum Gasteiger partial charge on any atom is 0.328 e. The van der Waals surface area contributed by atoms with Gasteiger partial charge in [0.2, 0.25) is 11.8 Å². The van der Waals surface area contributed by atoms with E-state index in [0.717, 1.165) is 18.4 Å². The number of aliphatic carboxylic acids is 1. The second-order valence-corrected chi connectivity index (χ2v) is 12.1. The van der Waals surface area contributed by atoms with Crippen molar-refractivity contribution in [1.82, 2.24) is 15.5 Å². The Kier molecular flexibility index (Phi) is 11.2. The number of carboxylic acids is 1. The SMILES string of the molecule is O=C(CCC(NC(=O)c1cc(Cl)cc(Cl)c1)C(=O)N1CCC2(CCCC2)CC1)NC(COCc1ccccc1)C(=O)O. The minimum Gasteiger partial charge on any atom is -0.480 e. The molecule has 1 saturated carbocycles. The molecule has 3 amide bonds. The molecule has 2 atom stereocenters. The molecule has 1 aliphatic carbocycles. The van der Waals surface area contributed by atoms with Gasteiger partial charge in [0, 0.05) is 35.1 Å². The molecule has 0 radical (unpaired) electrons. The second kappa shape index (κ2) is 14.8. The summed E-state index contributed by atoms with van der Waals surface area (Å²) < 4.78 is 5.51. The first-order chi connectivity index (χ1) is 20.1. The molecular weight excluding hydrogens is 581 g/mol. The van der Waals surface area contributed by atoms with E-state index in [1.165, 1.54) is 43.9 Å². The zero-order chi connectivity index (χ0) is 30.1. The van der Waals surface area contributed by atoms with Crippen LogP contribution in [0.5, 0.6) is 0 Å². The zero-order valence-corrected chi connectivity index (χ0v) is 25.0. The molecule has 1 aliphatic heterocycles. The van der Waals surface area contributed by atoms with E-state index in [0.29, 0.717) is 18.5 Å². The first-order valence-corrected chi connectivity index (χ1v) is 15.1. The maximum absolute atomic E-state index is 13.6. The summed E-state index contributed by atoms with van der Waals surface area (Å²) in [6.07, 6.45) is 6.48. The fraction of sp³-hybridized carbons (Fsp3) is 0.484. The number of carbonyl (C=O) groups is 4. The number of hydrogen-bond donors (Lipinski definition) is 3. The van der Waals surface area contributed by atoms with Crippen LogP contribution in [-0.2, 0) is 25.7 Å². The summed E-state index contributed by atoms with van der Waals surface area (Å²) >= 11 is 12.1. The number of halogens is 2. The van der Waals surface area contributed by atoms with Crippen LogP contribution in [0.2, 0.25) is 10.0 Å². The predicted octanol–water partition coefficient (Wildman–Crippen LogP) is 4.84. The number of nitrogens with one attached hydrogen (secondary N) is 2. The van der Waals surface area contributed by atoms with Crippen molar-refractivity contribution in [3.8, 4) is 0 Å². The third-order valence-corrected chi connectivity index (χ3v) is 8.65. The molecule has 1 saturated heterocycles. The van der Waals surface area contributed by atoms with Gasteiger partial charge in [0.1, 0.15) is 6.04 Å². The highest BCUT2D eigenvalue weighted by Crippen LogP contribution is 2.46. The number of nitrogens with zero attached hydrogens (tertiary/aromatic N) is 1. The van der Waals surface area contributed by atoms with Crippen LogP contribution in [0.25, 0.3) is 0 Å². The molecule has 9 nitrogen and oxygen atoms in total. The van der Waals surface area contributed by atoms with Crippen LogP contribution >= 0.6 is 23.2 Å². The van der Waals surface area contributed by atoms with Gasteiger partial charge in [-0.15, -0.1) is 0 Å². The Balaban J connectivity index is 1.37. The molecule has 1 spiro atoms. The summed E-state index contributed by atoms with van der Waals surface area (Å²) in [5.74, 6) is -2.60. The lowest BCUT2D eigenvalue weighted by Gasteiger charge is -2.40. The molecule has 42 heavy (non-hydrogen) atoms. The molecule has 4 rings (SSSR count). The quantitative estimate of drug-likeness (QED) is 0.313. The summed E-state index contributed by atoms with van der Waals surface area (Å²) in [4.78, 5) is 53.1. The van der Waals surface area contributed by atoms with Crippen molar-refractivity contribution < 1.29 is 29.0 Å². The van der Waals surface area contributed by atoms with E-state index in [1.807, 2.05) is 30.3 Å². The predicted molar refractivity (Wildman–Crippen MR) is 159 cm³/mol. The smallest absolute Gasteiger partial charge is 0.328 e. The fourth-order valence-corrected chi connectivity index (χ4v) is 6.34. The van der Waals surface area contributed by atoms with Crippen LogP contribution in [0.3, 0.4) is 0 Å². The van der Waals surface area contributed by atoms with Crippen LogP contribution in [0.1, 0.15) is 67.3 Å². The molecule has 11 heteroatoms. The van der Waals surface area contributed by atoms with E-state index in [1.54, 1.807) is 4.90 Å². The van der Waals surface area contributed by atoms with Gasteiger partial charge in [-0.2, -0.15) is 0 Å². The van der Waals surface area contributed by atoms with Crippen molar-refractivity contribution >= 4 is 46.9 Å². The third-order valence-electron chi connectivity index (χ3n) is 8.22. The van der Waals surface area contributed by atoms with Gasteiger partial charge in [0.25, 0.3) is 5.91 Å². The molecule has 3 N–H and O–H groups in total. The first kappa shape index (κ1) is 31.8. The molecule has 2 aromatic rings. The number of carbonyl (C=O) groups excluding carboxylic acids is 3. The standard InChI is InChI=1S/C31H37Cl2N3O6/c32-23-16-22(17-24(33)18-23)28(38)35-25(29(39)36-14-12-31(13-15-36)10-4-5-11-31)8-9-27(37)34-26(30(40)41)20-42-19-21-6-2-1-3-7-21/h1-3,6-7,16-18,25-26H,4-5,8-15,19-20H2,(H,34,37)(H,35,38)(H,40,41). The van der Waals surface area contributed by atoms with E-state index in [2.05, 4.69) is 10.6 Å².